The molecule has 2 N–H and O–H groups in total. The van der Waals surface area contributed by atoms with E-state index in [2.05, 4.69) is 22.0 Å². The number of nitrogens with two attached hydrogens (primary N) is 1. The number of alkyl halides is 1. The molecule has 0 fully saturated rings. The number of aryl methyl sites for hydroxylation is 1. The van der Waals surface area contributed by atoms with Gasteiger partial charge in [0.25, 0.3) is 0 Å². The van der Waals surface area contributed by atoms with Crippen molar-refractivity contribution >= 4 is 27.7 Å². The van der Waals surface area contributed by atoms with Crippen molar-refractivity contribution < 1.29 is 0 Å². The lowest BCUT2D eigenvalue weighted by atomic mass is 10.1. The van der Waals surface area contributed by atoms with Crippen molar-refractivity contribution in [2.45, 2.75) is 6.92 Å². The smallest absolute Gasteiger partial charge is 0.0390 e. The minimum Gasteiger partial charge on any atom is -0.398 e. The van der Waals surface area contributed by atoms with Crippen LogP contribution in [-0.2, 0) is 0 Å². The van der Waals surface area contributed by atoms with Gasteiger partial charge in [0.15, 0.2) is 0 Å². The van der Waals surface area contributed by atoms with Gasteiger partial charge in [0, 0.05) is 11.0 Å². The first-order valence-electron chi connectivity index (χ1n) is 3.82. The minimum absolute atomic E-state index is 0.840. The maximum absolute atomic E-state index is 5.80. The molecule has 0 heterocycles. The molecule has 1 aromatic rings. The second-order valence-electron chi connectivity index (χ2n) is 2.69. The summed E-state index contributed by atoms with van der Waals surface area (Å²) in [7, 11) is 0. The average Bonchev–Trinajstić information content (AvgIpc) is 2.03. The van der Waals surface area contributed by atoms with E-state index in [0.717, 1.165) is 16.6 Å². The number of hydrogen-bond donors (Lipinski definition) is 1. The lowest BCUT2D eigenvalue weighted by Crippen LogP contribution is -1.89. The van der Waals surface area contributed by atoms with E-state index in [-0.39, 0.29) is 0 Å². The van der Waals surface area contributed by atoms with Gasteiger partial charge in [-0.2, -0.15) is 0 Å². The normalized spacial score (nSPS) is 10.8. The summed E-state index contributed by atoms with van der Waals surface area (Å²) in [4.78, 5) is 0. The van der Waals surface area contributed by atoms with Crippen molar-refractivity contribution in [1.82, 2.24) is 0 Å². The van der Waals surface area contributed by atoms with E-state index in [4.69, 9.17) is 5.73 Å². The lowest BCUT2D eigenvalue weighted by Gasteiger charge is -2.00. The molecule has 0 aliphatic rings. The Morgan fingerprint density at radius 1 is 1.50 bits per heavy atom. The quantitative estimate of drug-likeness (QED) is 0.608. The van der Waals surface area contributed by atoms with Crippen LogP contribution in [0.2, 0.25) is 0 Å². The molecule has 1 rings (SSSR count). The van der Waals surface area contributed by atoms with Gasteiger partial charge in [0.1, 0.15) is 0 Å². The van der Waals surface area contributed by atoms with Gasteiger partial charge in [0.2, 0.25) is 0 Å². The Bertz CT molecular complexity index is 292. The highest BCUT2D eigenvalue weighted by atomic mass is 79.9. The number of hydrogen-bond acceptors (Lipinski definition) is 1. The lowest BCUT2D eigenvalue weighted by molar-refractivity contribution is 1.46. The van der Waals surface area contributed by atoms with Crippen molar-refractivity contribution in [3.8, 4) is 0 Å². The molecule has 0 saturated heterocycles. The minimum atomic E-state index is 0.840. The Morgan fingerprint density at radius 2 is 2.25 bits per heavy atom. The summed E-state index contributed by atoms with van der Waals surface area (Å²) in [5.74, 6) is 0. The summed E-state index contributed by atoms with van der Waals surface area (Å²) in [5.41, 5.74) is 8.92. The molecule has 0 aliphatic heterocycles. The topological polar surface area (TPSA) is 26.0 Å². The Labute approximate surface area is 81.4 Å². The van der Waals surface area contributed by atoms with Crippen molar-refractivity contribution in [2.75, 3.05) is 11.1 Å². The molecule has 0 atom stereocenters. The van der Waals surface area contributed by atoms with Gasteiger partial charge in [-0.05, 0) is 24.1 Å². The van der Waals surface area contributed by atoms with Gasteiger partial charge in [-0.25, -0.2) is 0 Å². The van der Waals surface area contributed by atoms with Crippen LogP contribution >= 0.6 is 15.9 Å². The molecule has 12 heavy (non-hydrogen) atoms. The third-order valence-electron chi connectivity index (χ3n) is 1.63. The predicted molar refractivity (Wildman–Crippen MR) is 58.4 cm³/mol. The third-order valence-corrected chi connectivity index (χ3v) is 2.00. The first-order valence-corrected chi connectivity index (χ1v) is 4.95. The highest BCUT2D eigenvalue weighted by Gasteiger charge is 1.93. The van der Waals surface area contributed by atoms with E-state index in [9.17, 15) is 0 Å². The number of anilines is 1. The van der Waals surface area contributed by atoms with Crippen LogP contribution in [0.3, 0.4) is 0 Å². The van der Waals surface area contributed by atoms with Crippen LogP contribution in [-0.4, -0.2) is 5.33 Å². The van der Waals surface area contributed by atoms with E-state index >= 15 is 0 Å². The summed E-state index contributed by atoms with van der Waals surface area (Å²) >= 11 is 3.32. The highest BCUT2D eigenvalue weighted by Crippen LogP contribution is 2.15. The standard InChI is InChI=1S/C10H12BrN/c1-8-4-5-9(3-2-6-11)10(12)7-8/h2-5,7H,6,12H2,1H3. The van der Waals surface area contributed by atoms with Gasteiger partial charge < -0.3 is 5.73 Å². The van der Waals surface area contributed by atoms with Gasteiger partial charge in [0.05, 0.1) is 0 Å². The largest absolute Gasteiger partial charge is 0.398 e. The third kappa shape index (κ3) is 2.38. The van der Waals surface area contributed by atoms with E-state index in [1.807, 2.05) is 31.2 Å². The molecule has 2 heteroatoms. The van der Waals surface area contributed by atoms with Crippen molar-refractivity contribution in [3.63, 3.8) is 0 Å². The van der Waals surface area contributed by atoms with Gasteiger partial charge in [-0.1, -0.05) is 40.2 Å². The Hall–Kier alpha value is -0.760. The SMILES string of the molecule is Cc1ccc(C=CCBr)c(N)c1. The Kier molecular flexibility index (Phi) is 3.35. The van der Waals surface area contributed by atoms with E-state index in [1.54, 1.807) is 0 Å². The molecular formula is C10H12BrN. The average molecular weight is 226 g/mol. The van der Waals surface area contributed by atoms with E-state index in [0.29, 0.717) is 0 Å². The van der Waals surface area contributed by atoms with Gasteiger partial charge >= 0.3 is 0 Å². The van der Waals surface area contributed by atoms with Crippen LogP contribution in [0.25, 0.3) is 6.08 Å². The Balaban J connectivity index is 2.94. The molecule has 0 bridgehead atoms. The van der Waals surface area contributed by atoms with Crippen LogP contribution in [0, 0.1) is 6.92 Å². The molecule has 0 aliphatic carbocycles. The molecular weight excluding hydrogens is 214 g/mol. The molecule has 0 spiro atoms. The van der Waals surface area contributed by atoms with Crippen molar-refractivity contribution in [1.29, 1.82) is 0 Å². The number of benzene rings is 1. The molecule has 0 unspecified atom stereocenters. The van der Waals surface area contributed by atoms with Crippen LogP contribution in [0.1, 0.15) is 11.1 Å². The molecule has 1 nitrogen and oxygen atoms in total. The van der Waals surface area contributed by atoms with E-state index < -0.39 is 0 Å². The fraction of sp³-hybridized carbons (Fsp3) is 0.200. The number of halogens is 1. The fourth-order valence-electron chi connectivity index (χ4n) is 1.02. The molecule has 0 saturated carbocycles. The molecule has 1 aromatic carbocycles. The zero-order chi connectivity index (χ0) is 8.97. The fourth-order valence-corrected chi connectivity index (χ4v) is 1.20. The highest BCUT2D eigenvalue weighted by molar-refractivity contribution is 9.09. The summed E-state index contributed by atoms with van der Waals surface area (Å²) in [5, 5.41) is 0.861. The van der Waals surface area contributed by atoms with Crippen molar-refractivity contribution in [2.24, 2.45) is 0 Å². The van der Waals surface area contributed by atoms with Gasteiger partial charge in [-0.3, -0.25) is 0 Å². The van der Waals surface area contributed by atoms with E-state index in [1.165, 1.54) is 5.56 Å². The molecule has 0 aromatic heterocycles. The monoisotopic (exact) mass is 225 g/mol. The summed E-state index contributed by atoms with van der Waals surface area (Å²) < 4.78 is 0. The molecule has 0 radical (unpaired) electrons. The van der Waals surface area contributed by atoms with Crippen LogP contribution in [0.15, 0.2) is 24.3 Å². The summed E-state index contributed by atoms with van der Waals surface area (Å²) in [6, 6.07) is 6.07. The number of nitrogen functional groups attached to an aromatic ring is 1. The summed E-state index contributed by atoms with van der Waals surface area (Å²) in [6.07, 6.45) is 4.05. The van der Waals surface area contributed by atoms with Crippen LogP contribution in [0.4, 0.5) is 5.69 Å². The molecule has 0 amide bonds. The zero-order valence-electron chi connectivity index (χ0n) is 7.05. The maximum atomic E-state index is 5.80. The number of rotatable bonds is 2. The second kappa shape index (κ2) is 4.31. The summed E-state index contributed by atoms with van der Waals surface area (Å²) in [6.45, 7) is 2.04. The first kappa shape index (κ1) is 9.33. The Morgan fingerprint density at radius 3 is 2.83 bits per heavy atom. The van der Waals surface area contributed by atoms with Crippen LogP contribution < -0.4 is 5.73 Å². The number of allylic oxidation sites excluding steroid dienone is 1. The van der Waals surface area contributed by atoms with Gasteiger partial charge in [-0.15, -0.1) is 0 Å². The zero-order valence-corrected chi connectivity index (χ0v) is 8.64. The molecule has 64 valence electrons. The second-order valence-corrected chi connectivity index (χ2v) is 3.34. The predicted octanol–water partition coefficient (Wildman–Crippen LogP) is 2.99. The van der Waals surface area contributed by atoms with Crippen molar-refractivity contribution in [3.05, 3.63) is 35.4 Å². The first-order chi connectivity index (χ1) is 5.74. The van der Waals surface area contributed by atoms with Crippen LogP contribution in [0.5, 0.6) is 0 Å². The maximum Gasteiger partial charge on any atom is 0.0390 e.